The lowest BCUT2D eigenvalue weighted by molar-refractivity contribution is 0.413. The van der Waals surface area contributed by atoms with Crippen molar-refractivity contribution in [2.24, 2.45) is 0 Å². The Morgan fingerprint density at radius 1 is 1.04 bits per heavy atom. The minimum Gasteiger partial charge on any atom is -0.497 e. The van der Waals surface area contributed by atoms with Gasteiger partial charge in [-0.25, -0.2) is 9.37 Å². The molecule has 4 rings (SSSR count). The molecule has 0 spiro atoms. The molecule has 0 aliphatic rings. The van der Waals surface area contributed by atoms with Gasteiger partial charge in [-0.3, -0.25) is 5.10 Å². The zero-order chi connectivity index (χ0) is 17.9. The molecule has 0 saturated heterocycles. The van der Waals surface area contributed by atoms with Crippen LogP contribution in [-0.4, -0.2) is 22.3 Å². The number of halogens is 1. The minimum absolute atomic E-state index is 0.277. The molecular formula is C20H17FN4O. The van der Waals surface area contributed by atoms with E-state index in [1.54, 1.807) is 31.6 Å². The number of fused-ring (bicyclic) bond motifs is 1. The number of H-pyrrole nitrogens is 1. The van der Waals surface area contributed by atoms with Crippen LogP contribution < -0.4 is 10.1 Å². The molecule has 2 aromatic heterocycles. The first kappa shape index (κ1) is 16.1. The Morgan fingerprint density at radius 2 is 1.96 bits per heavy atom. The first-order valence-corrected chi connectivity index (χ1v) is 8.18. The van der Waals surface area contributed by atoms with Crippen molar-refractivity contribution in [1.29, 1.82) is 0 Å². The van der Waals surface area contributed by atoms with E-state index in [9.17, 15) is 4.39 Å². The number of pyridine rings is 1. The summed E-state index contributed by atoms with van der Waals surface area (Å²) in [5.74, 6) is 1.03. The third-order valence-corrected chi connectivity index (χ3v) is 4.27. The topological polar surface area (TPSA) is 62.8 Å². The Morgan fingerprint density at radius 3 is 2.77 bits per heavy atom. The monoisotopic (exact) mass is 348 g/mol. The molecule has 26 heavy (non-hydrogen) atoms. The molecule has 6 heteroatoms. The second-order valence-corrected chi connectivity index (χ2v) is 5.93. The van der Waals surface area contributed by atoms with E-state index in [1.807, 2.05) is 24.4 Å². The van der Waals surface area contributed by atoms with Gasteiger partial charge < -0.3 is 10.1 Å². The molecule has 0 bridgehead atoms. The number of aromatic nitrogens is 3. The maximum Gasteiger partial charge on any atom is 0.128 e. The molecule has 4 aromatic rings. The number of ether oxygens (including phenoxy) is 1. The van der Waals surface area contributed by atoms with Gasteiger partial charge in [-0.05, 0) is 41.3 Å². The summed E-state index contributed by atoms with van der Waals surface area (Å²) >= 11 is 0. The van der Waals surface area contributed by atoms with Crippen molar-refractivity contribution in [3.05, 3.63) is 72.4 Å². The highest BCUT2D eigenvalue weighted by Gasteiger charge is 2.06. The average molecular weight is 348 g/mol. The molecule has 2 aromatic carbocycles. The smallest absolute Gasteiger partial charge is 0.128 e. The number of nitrogens with one attached hydrogen (secondary N) is 2. The fraction of sp³-hybridized carbons (Fsp3) is 0.100. The standard InChI is InChI=1S/C20H17FN4O/c1-26-18-4-5-19(21)16(7-18)10-23-20-8-15-6-13(17-11-24-25-12-17)2-3-14(15)9-22-20/h2-9,11-12H,10H2,1H3,(H,22,23)(H,24,25). The van der Waals surface area contributed by atoms with Gasteiger partial charge in [0.05, 0.1) is 13.3 Å². The van der Waals surface area contributed by atoms with Crippen LogP contribution in [0.2, 0.25) is 0 Å². The number of methoxy groups -OCH3 is 1. The fourth-order valence-electron chi connectivity index (χ4n) is 2.83. The van der Waals surface area contributed by atoms with Gasteiger partial charge >= 0.3 is 0 Å². The Bertz CT molecular complexity index is 1050. The number of hydrogen-bond donors (Lipinski definition) is 2. The first-order chi connectivity index (χ1) is 12.7. The summed E-state index contributed by atoms with van der Waals surface area (Å²) in [7, 11) is 1.56. The predicted octanol–water partition coefficient (Wildman–Crippen LogP) is 4.38. The average Bonchev–Trinajstić information content (AvgIpc) is 3.21. The zero-order valence-electron chi connectivity index (χ0n) is 14.2. The number of nitrogens with zero attached hydrogens (tertiary/aromatic N) is 2. The van der Waals surface area contributed by atoms with E-state index in [0.29, 0.717) is 23.7 Å². The van der Waals surface area contributed by atoms with Crippen LogP contribution in [0, 0.1) is 5.82 Å². The maximum absolute atomic E-state index is 13.9. The van der Waals surface area contributed by atoms with Crippen molar-refractivity contribution < 1.29 is 9.13 Å². The van der Waals surface area contributed by atoms with E-state index >= 15 is 0 Å². The van der Waals surface area contributed by atoms with Gasteiger partial charge in [-0.2, -0.15) is 5.10 Å². The molecule has 5 nitrogen and oxygen atoms in total. The van der Waals surface area contributed by atoms with Gasteiger partial charge in [0.25, 0.3) is 0 Å². The summed E-state index contributed by atoms with van der Waals surface area (Å²) in [6.07, 6.45) is 5.44. The van der Waals surface area contributed by atoms with Crippen molar-refractivity contribution in [1.82, 2.24) is 15.2 Å². The van der Waals surface area contributed by atoms with Crippen molar-refractivity contribution in [2.75, 3.05) is 12.4 Å². The summed E-state index contributed by atoms with van der Waals surface area (Å²) in [6.45, 7) is 0.322. The molecule has 2 N–H and O–H groups in total. The Hall–Kier alpha value is -3.41. The van der Waals surface area contributed by atoms with E-state index in [1.165, 1.54) is 6.07 Å². The molecule has 0 radical (unpaired) electrons. The van der Waals surface area contributed by atoms with Crippen molar-refractivity contribution in [2.45, 2.75) is 6.54 Å². The van der Waals surface area contributed by atoms with E-state index in [0.717, 1.165) is 21.9 Å². The van der Waals surface area contributed by atoms with Crippen molar-refractivity contribution in [3.8, 4) is 16.9 Å². The maximum atomic E-state index is 13.9. The molecule has 0 aliphatic carbocycles. The van der Waals surface area contributed by atoms with Crippen LogP contribution >= 0.6 is 0 Å². The third kappa shape index (κ3) is 3.21. The fourth-order valence-corrected chi connectivity index (χ4v) is 2.83. The molecule has 0 fully saturated rings. The van der Waals surface area contributed by atoms with E-state index < -0.39 is 0 Å². The molecule has 0 unspecified atom stereocenters. The zero-order valence-corrected chi connectivity index (χ0v) is 14.2. The normalized spacial score (nSPS) is 10.8. The highest BCUT2D eigenvalue weighted by Crippen LogP contribution is 2.25. The van der Waals surface area contributed by atoms with E-state index in [-0.39, 0.29) is 5.82 Å². The van der Waals surface area contributed by atoms with Crippen LogP contribution in [0.3, 0.4) is 0 Å². The Labute approximate surface area is 149 Å². The molecule has 0 aliphatic heterocycles. The van der Waals surface area contributed by atoms with Crippen LogP contribution in [0.15, 0.2) is 61.1 Å². The van der Waals surface area contributed by atoms with Crippen LogP contribution in [-0.2, 0) is 6.54 Å². The summed E-state index contributed by atoms with van der Waals surface area (Å²) in [6, 6.07) is 12.8. The second kappa shape index (κ2) is 6.84. The van der Waals surface area contributed by atoms with Gasteiger partial charge in [0.2, 0.25) is 0 Å². The lowest BCUT2D eigenvalue weighted by Crippen LogP contribution is -2.03. The summed E-state index contributed by atoms with van der Waals surface area (Å²) < 4.78 is 19.1. The lowest BCUT2D eigenvalue weighted by atomic mass is 10.1. The Balaban J connectivity index is 1.59. The van der Waals surface area contributed by atoms with Gasteiger partial charge in [0.15, 0.2) is 0 Å². The molecule has 0 amide bonds. The number of aromatic amines is 1. The third-order valence-electron chi connectivity index (χ3n) is 4.27. The van der Waals surface area contributed by atoms with Gasteiger partial charge in [0.1, 0.15) is 17.4 Å². The predicted molar refractivity (Wildman–Crippen MR) is 99.6 cm³/mol. The van der Waals surface area contributed by atoms with Gasteiger partial charge in [-0.15, -0.1) is 0 Å². The molecular weight excluding hydrogens is 331 g/mol. The van der Waals surface area contributed by atoms with E-state index in [2.05, 4.69) is 26.6 Å². The van der Waals surface area contributed by atoms with Gasteiger partial charge in [-0.1, -0.05) is 12.1 Å². The quantitative estimate of drug-likeness (QED) is 0.562. The minimum atomic E-state index is -0.277. The SMILES string of the molecule is COc1ccc(F)c(CNc2cc3cc(-c4cn[nH]c4)ccc3cn2)c1. The van der Waals surface area contributed by atoms with Crippen LogP contribution in [0.4, 0.5) is 10.2 Å². The van der Waals surface area contributed by atoms with Crippen LogP contribution in [0.5, 0.6) is 5.75 Å². The Kier molecular flexibility index (Phi) is 4.23. The first-order valence-electron chi connectivity index (χ1n) is 8.18. The summed E-state index contributed by atoms with van der Waals surface area (Å²) in [4.78, 5) is 4.40. The van der Waals surface area contributed by atoms with Crippen molar-refractivity contribution >= 4 is 16.6 Å². The summed E-state index contributed by atoms with van der Waals surface area (Å²) in [5, 5.41) is 12.1. The molecule has 0 atom stereocenters. The highest BCUT2D eigenvalue weighted by molar-refractivity contribution is 5.88. The largest absolute Gasteiger partial charge is 0.497 e. The molecule has 0 saturated carbocycles. The van der Waals surface area contributed by atoms with Crippen LogP contribution in [0.1, 0.15) is 5.56 Å². The van der Waals surface area contributed by atoms with Crippen molar-refractivity contribution in [3.63, 3.8) is 0 Å². The lowest BCUT2D eigenvalue weighted by Gasteiger charge is -2.09. The molecule has 2 heterocycles. The summed E-state index contributed by atoms with van der Waals surface area (Å²) in [5.41, 5.74) is 2.62. The highest BCUT2D eigenvalue weighted by atomic mass is 19.1. The number of rotatable bonds is 5. The van der Waals surface area contributed by atoms with E-state index in [4.69, 9.17) is 4.74 Å². The second-order valence-electron chi connectivity index (χ2n) is 5.93. The van der Waals surface area contributed by atoms with Gasteiger partial charge in [0, 0.05) is 35.5 Å². The van der Waals surface area contributed by atoms with Crippen LogP contribution in [0.25, 0.3) is 21.9 Å². The number of hydrogen-bond acceptors (Lipinski definition) is 4. The number of benzene rings is 2. The number of anilines is 1. The molecule has 130 valence electrons.